The number of amides is 1. The molecule has 0 aliphatic carbocycles. The summed E-state index contributed by atoms with van der Waals surface area (Å²) in [6, 6.07) is 21.4. The minimum absolute atomic E-state index is 0.186. The maximum absolute atomic E-state index is 12.8. The fourth-order valence-electron chi connectivity index (χ4n) is 3.95. The van der Waals surface area contributed by atoms with Crippen LogP contribution in [0.4, 0.5) is 5.69 Å². The summed E-state index contributed by atoms with van der Waals surface area (Å²) in [4.78, 5) is 28.8. The summed E-state index contributed by atoms with van der Waals surface area (Å²) >= 11 is 3.50. The fraction of sp³-hybridized carbons (Fsp3) is 0.179. The molecule has 2 aromatic carbocycles. The molecule has 178 valence electrons. The van der Waals surface area contributed by atoms with Gasteiger partial charge in [-0.15, -0.1) is 0 Å². The van der Waals surface area contributed by atoms with Crippen molar-refractivity contribution < 1.29 is 14.3 Å². The molecule has 0 aliphatic heterocycles. The number of pyridine rings is 1. The van der Waals surface area contributed by atoms with E-state index in [1.165, 1.54) is 0 Å². The van der Waals surface area contributed by atoms with E-state index < -0.39 is 0 Å². The highest BCUT2D eigenvalue weighted by atomic mass is 79.9. The number of nitrogens with one attached hydrogen (secondary N) is 1. The molecule has 35 heavy (non-hydrogen) atoms. The Labute approximate surface area is 213 Å². The first kappa shape index (κ1) is 24.4. The molecule has 0 unspecified atom stereocenters. The molecule has 1 N–H and O–H groups in total. The predicted octanol–water partition coefficient (Wildman–Crippen LogP) is 6.36. The third-order valence-electron chi connectivity index (χ3n) is 5.63. The minimum Gasteiger partial charge on any atom is -0.466 e. The van der Waals surface area contributed by atoms with Crippen molar-refractivity contribution >= 4 is 33.5 Å². The lowest BCUT2D eigenvalue weighted by Crippen LogP contribution is -2.13. The Hall–Kier alpha value is -3.71. The third-order valence-corrected chi connectivity index (χ3v) is 6.16. The molecule has 0 aliphatic rings. The number of rotatable bonds is 8. The van der Waals surface area contributed by atoms with Gasteiger partial charge in [0, 0.05) is 39.5 Å². The summed E-state index contributed by atoms with van der Waals surface area (Å²) in [5, 5.41) is 2.90. The van der Waals surface area contributed by atoms with Gasteiger partial charge in [0.25, 0.3) is 5.91 Å². The second kappa shape index (κ2) is 11.1. The molecule has 4 aromatic rings. The average molecular weight is 532 g/mol. The lowest BCUT2D eigenvalue weighted by molar-refractivity contribution is -0.143. The van der Waals surface area contributed by atoms with Gasteiger partial charge in [-0.3, -0.25) is 14.6 Å². The maximum Gasteiger partial charge on any atom is 0.306 e. The van der Waals surface area contributed by atoms with E-state index in [2.05, 4.69) is 49.0 Å². The largest absolute Gasteiger partial charge is 0.466 e. The van der Waals surface area contributed by atoms with Crippen LogP contribution < -0.4 is 5.32 Å². The van der Waals surface area contributed by atoms with Gasteiger partial charge in [0.1, 0.15) is 0 Å². The summed E-state index contributed by atoms with van der Waals surface area (Å²) in [5.41, 5.74) is 6.20. The minimum atomic E-state index is -0.217. The smallest absolute Gasteiger partial charge is 0.306 e. The van der Waals surface area contributed by atoms with Gasteiger partial charge in [-0.25, -0.2) is 0 Å². The van der Waals surface area contributed by atoms with Crippen molar-refractivity contribution in [2.45, 2.75) is 26.7 Å². The molecule has 6 nitrogen and oxygen atoms in total. The number of esters is 1. The van der Waals surface area contributed by atoms with E-state index in [0.29, 0.717) is 30.7 Å². The molecule has 0 atom stereocenters. The van der Waals surface area contributed by atoms with E-state index >= 15 is 0 Å². The summed E-state index contributed by atoms with van der Waals surface area (Å²) < 4.78 is 8.28. The normalized spacial score (nSPS) is 10.7. The van der Waals surface area contributed by atoms with Crippen LogP contribution in [0.1, 0.15) is 35.0 Å². The summed E-state index contributed by atoms with van der Waals surface area (Å²) in [6.07, 6.45) is 4.11. The van der Waals surface area contributed by atoms with Gasteiger partial charge >= 0.3 is 5.97 Å². The zero-order valence-electron chi connectivity index (χ0n) is 19.6. The molecule has 7 heteroatoms. The van der Waals surface area contributed by atoms with Crippen molar-refractivity contribution in [1.29, 1.82) is 0 Å². The highest BCUT2D eigenvalue weighted by Gasteiger charge is 2.17. The molecule has 0 spiro atoms. The summed E-state index contributed by atoms with van der Waals surface area (Å²) in [5.74, 6) is -0.403. The molecular weight excluding hydrogens is 506 g/mol. The van der Waals surface area contributed by atoms with Crippen molar-refractivity contribution in [3.05, 3.63) is 100 Å². The second-order valence-electron chi connectivity index (χ2n) is 8.05. The molecule has 4 rings (SSSR count). The van der Waals surface area contributed by atoms with Crippen LogP contribution in [-0.4, -0.2) is 28.0 Å². The van der Waals surface area contributed by atoms with Crippen LogP contribution in [0, 0.1) is 6.92 Å². The number of carbonyl (C=O) groups excluding carboxylic acids is 2. The van der Waals surface area contributed by atoms with E-state index in [-0.39, 0.29) is 11.9 Å². The molecule has 0 fully saturated rings. The standard InChI is InChI=1S/C28H26BrN3O3/c1-3-35-27(33)13-10-24-9-12-26(20-4-7-22(29)8-5-20)32(24)25-11-6-21(18-19(25)2)28(34)31-23-14-16-30-17-15-23/h4-9,11-12,14-18H,3,10,13H2,1-2H3,(H,30,31,34). The first-order valence-corrected chi connectivity index (χ1v) is 12.2. The van der Waals surface area contributed by atoms with Gasteiger partial charge in [0.15, 0.2) is 0 Å². The molecule has 1 amide bonds. The van der Waals surface area contributed by atoms with E-state index in [1.54, 1.807) is 24.5 Å². The first-order chi connectivity index (χ1) is 17.0. The molecule has 2 aromatic heterocycles. The Morgan fingerprint density at radius 3 is 2.43 bits per heavy atom. The fourth-order valence-corrected chi connectivity index (χ4v) is 4.22. The number of halogens is 1. The summed E-state index contributed by atoms with van der Waals surface area (Å²) in [6.45, 7) is 4.16. The number of aromatic nitrogens is 2. The number of aryl methyl sites for hydroxylation is 2. The Kier molecular flexibility index (Phi) is 7.77. The van der Waals surface area contributed by atoms with E-state index in [4.69, 9.17) is 4.74 Å². The molecule has 2 heterocycles. The first-order valence-electron chi connectivity index (χ1n) is 11.4. The monoisotopic (exact) mass is 531 g/mol. The zero-order valence-corrected chi connectivity index (χ0v) is 21.2. The molecule has 0 radical (unpaired) electrons. The van der Waals surface area contributed by atoms with Gasteiger partial charge in [-0.2, -0.15) is 0 Å². The predicted molar refractivity (Wildman–Crippen MR) is 141 cm³/mol. The Balaban J connectivity index is 1.69. The third kappa shape index (κ3) is 5.87. The van der Waals surface area contributed by atoms with Gasteiger partial charge < -0.3 is 14.6 Å². The second-order valence-corrected chi connectivity index (χ2v) is 8.96. The number of hydrogen-bond acceptors (Lipinski definition) is 4. The molecule has 0 saturated heterocycles. The average Bonchev–Trinajstić information content (AvgIpc) is 3.27. The van der Waals surface area contributed by atoms with Crippen LogP contribution in [-0.2, 0) is 16.0 Å². The lowest BCUT2D eigenvalue weighted by Gasteiger charge is -2.17. The van der Waals surface area contributed by atoms with Crippen molar-refractivity contribution in [3.63, 3.8) is 0 Å². The van der Waals surface area contributed by atoms with Crippen LogP contribution in [0.25, 0.3) is 16.9 Å². The van der Waals surface area contributed by atoms with Crippen LogP contribution in [0.15, 0.2) is 83.6 Å². The van der Waals surface area contributed by atoms with Crippen LogP contribution in [0.3, 0.4) is 0 Å². The number of nitrogens with zero attached hydrogens (tertiary/aromatic N) is 2. The lowest BCUT2D eigenvalue weighted by atomic mass is 10.1. The molecule has 0 bridgehead atoms. The molecule has 0 saturated carbocycles. The van der Waals surface area contributed by atoms with Gasteiger partial charge in [0.05, 0.1) is 18.7 Å². The van der Waals surface area contributed by atoms with E-state index in [0.717, 1.165) is 32.7 Å². The quantitative estimate of drug-likeness (QED) is 0.268. The number of ether oxygens (including phenoxy) is 1. The van der Waals surface area contributed by atoms with Gasteiger partial charge in [-0.05, 0) is 86.0 Å². The van der Waals surface area contributed by atoms with Crippen molar-refractivity contribution in [2.24, 2.45) is 0 Å². The highest BCUT2D eigenvalue weighted by Crippen LogP contribution is 2.30. The SMILES string of the molecule is CCOC(=O)CCc1ccc(-c2ccc(Br)cc2)n1-c1ccc(C(=O)Nc2ccncc2)cc1C. The van der Waals surface area contributed by atoms with Gasteiger partial charge in [0.2, 0.25) is 0 Å². The topological polar surface area (TPSA) is 73.2 Å². The van der Waals surface area contributed by atoms with Crippen molar-refractivity contribution in [1.82, 2.24) is 9.55 Å². The van der Waals surface area contributed by atoms with Crippen LogP contribution in [0.2, 0.25) is 0 Å². The number of benzene rings is 2. The maximum atomic E-state index is 12.8. The molecular formula is C28H26BrN3O3. The number of carbonyl (C=O) groups is 2. The van der Waals surface area contributed by atoms with E-state index in [9.17, 15) is 9.59 Å². The summed E-state index contributed by atoms with van der Waals surface area (Å²) in [7, 11) is 0. The van der Waals surface area contributed by atoms with Crippen molar-refractivity contribution in [2.75, 3.05) is 11.9 Å². The van der Waals surface area contributed by atoms with Crippen LogP contribution >= 0.6 is 15.9 Å². The highest BCUT2D eigenvalue weighted by molar-refractivity contribution is 9.10. The number of anilines is 1. The Morgan fingerprint density at radius 2 is 1.74 bits per heavy atom. The zero-order chi connectivity index (χ0) is 24.8. The number of hydrogen-bond donors (Lipinski definition) is 1. The van der Waals surface area contributed by atoms with Crippen molar-refractivity contribution in [3.8, 4) is 16.9 Å². The van der Waals surface area contributed by atoms with Gasteiger partial charge in [-0.1, -0.05) is 28.1 Å². The van der Waals surface area contributed by atoms with Crippen LogP contribution in [0.5, 0.6) is 0 Å². The van der Waals surface area contributed by atoms with E-state index in [1.807, 2.05) is 50.2 Å². The Bertz CT molecular complexity index is 1330. The Morgan fingerprint density at radius 1 is 1.00 bits per heavy atom.